The topological polar surface area (TPSA) is 79.8 Å². The number of anilines is 1. The number of amides is 1. The molecule has 2 heterocycles. The van der Waals surface area contributed by atoms with Gasteiger partial charge in [-0.2, -0.15) is 0 Å². The Bertz CT molecular complexity index is 840. The maximum atomic E-state index is 12.1. The van der Waals surface area contributed by atoms with Crippen molar-refractivity contribution in [2.45, 2.75) is 13.1 Å². The number of aromatic nitrogens is 3. The van der Waals surface area contributed by atoms with Crippen molar-refractivity contribution in [3.63, 3.8) is 0 Å². The SMILES string of the molecule is O=C(NCc1ccncc1)c1cnc(NCc2ccccc2Cl)cn1. The number of benzene rings is 1. The lowest BCUT2D eigenvalue weighted by Gasteiger charge is -2.08. The summed E-state index contributed by atoms with van der Waals surface area (Å²) in [7, 11) is 0. The van der Waals surface area contributed by atoms with Gasteiger partial charge in [0.2, 0.25) is 0 Å². The summed E-state index contributed by atoms with van der Waals surface area (Å²) in [5, 5.41) is 6.61. The zero-order valence-electron chi connectivity index (χ0n) is 13.3. The van der Waals surface area contributed by atoms with Gasteiger partial charge in [0.25, 0.3) is 5.91 Å². The third kappa shape index (κ3) is 4.74. The van der Waals surface area contributed by atoms with Crippen molar-refractivity contribution in [1.82, 2.24) is 20.3 Å². The first-order valence-electron chi connectivity index (χ1n) is 7.69. The first-order chi connectivity index (χ1) is 12.2. The normalized spacial score (nSPS) is 10.3. The summed E-state index contributed by atoms with van der Waals surface area (Å²) in [5.74, 6) is 0.299. The minimum atomic E-state index is -0.276. The molecule has 1 aromatic carbocycles. The molecule has 0 aliphatic rings. The maximum absolute atomic E-state index is 12.1. The van der Waals surface area contributed by atoms with Crippen LogP contribution in [-0.4, -0.2) is 20.9 Å². The number of hydrogen-bond acceptors (Lipinski definition) is 5. The molecule has 2 N–H and O–H groups in total. The van der Waals surface area contributed by atoms with Crippen molar-refractivity contribution in [3.05, 3.63) is 83.0 Å². The molecule has 0 spiro atoms. The third-order valence-electron chi connectivity index (χ3n) is 3.50. The average molecular weight is 354 g/mol. The van der Waals surface area contributed by atoms with Crippen LogP contribution in [0.5, 0.6) is 0 Å². The fourth-order valence-electron chi connectivity index (χ4n) is 2.14. The molecule has 3 aromatic rings. The summed E-state index contributed by atoms with van der Waals surface area (Å²) < 4.78 is 0. The lowest BCUT2D eigenvalue weighted by molar-refractivity contribution is 0.0945. The van der Waals surface area contributed by atoms with Crippen LogP contribution in [0.3, 0.4) is 0 Å². The quantitative estimate of drug-likeness (QED) is 0.712. The van der Waals surface area contributed by atoms with Crippen molar-refractivity contribution in [3.8, 4) is 0 Å². The summed E-state index contributed by atoms with van der Waals surface area (Å²) >= 11 is 6.11. The number of pyridine rings is 1. The van der Waals surface area contributed by atoms with Gasteiger partial charge >= 0.3 is 0 Å². The molecular weight excluding hydrogens is 338 g/mol. The van der Waals surface area contributed by atoms with E-state index in [-0.39, 0.29) is 11.6 Å². The molecule has 7 heteroatoms. The molecule has 0 aliphatic heterocycles. The Morgan fingerprint density at radius 2 is 1.80 bits per heavy atom. The van der Waals surface area contributed by atoms with E-state index in [1.165, 1.54) is 12.4 Å². The molecule has 1 amide bonds. The Labute approximate surface area is 150 Å². The molecule has 0 saturated heterocycles. The van der Waals surface area contributed by atoms with E-state index in [0.717, 1.165) is 11.1 Å². The van der Waals surface area contributed by atoms with E-state index in [2.05, 4.69) is 25.6 Å². The summed E-state index contributed by atoms with van der Waals surface area (Å²) in [4.78, 5) is 24.4. The minimum Gasteiger partial charge on any atom is -0.365 e. The van der Waals surface area contributed by atoms with Gasteiger partial charge in [0, 0.05) is 30.5 Å². The van der Waals surface area contributed by atoms with Gasteiger partial charge in [-0.05, 0) is 29.3 Å². The highest BCUT2D eigenvalue weighted by molar-refractivity contribution is 6.31. The Hall–Kier alpha value is -2.99. The number of nitrogens with zero attached hydrogens (tertiary/aromatic N) is 3. The van der Waals surface area contributed by atoms with Gasteiger partial charge in [0.1, 0.15) is 11.5 Å². The van der Waals surface area contributed by atoms with Gasteiger partial charge in [-0.3, -0.25) is 9.78 Å². The maximum Gasteiger partial charge on any atom is 0.271 e. The van der Waals surface area contributed by atoms with E-state index < -0.39 is 0 Å². The first-order valence-corrected chi connectivity index (χ1v) is 8.06. The van der Waals surface area contributed by atoms with Crippen molar-refractivity contribution < 1.29 is 4.79 Å². The number of hydrogen-bond donors (Lipinski definition) is 2. The summed E-state index contributed by atoms with van der Waals surface area (Å²) in [6, 6.07) is 11.3. The molecule has 0 bridgehead atoms. The highest BCUT2D eigenvalue weighted by atomic mass is 35.5. The van der Waals surface area contributed by atoms with Gasteiger partial charge < -0.3 is 10.6 Å². The first kappa shape index (κ1) is 16.9. The monoisotopic (exact) mass is 353 g/mol. The van der Waals surface area contributed by atoms with Crippen molar-refractivity contribution in [2.24, 2.45) is 0 Å². The number of nitrogens with one attached hydrogen (secondary N) is 2. The predicted octanol–water partition coefficient (Wildman–Crippen LogP) is 3.07. The molecule has 126 valence electrons. The van der Waals surface area contributed by atoms with Crippen LogP contribution >= 0.6 is 11.6 Å². The predicted molar refractivity (Wildman–Crippen MR) is 96.2 cm³/mol. The van der Waals surface area contributed by atoms with Crippen LogP contribution < -0.4 is 10.6 Å². The second-order valence-corrected chi connectivity index (χ2v) is 5.68. The molecule has 25 heavy (non-hydrogen) atoms. The fraction of sp³-hybridized carbons (Fsp3) is 0.111. The number of carbonyl (C=O) groups excluding carboxylic acids is 1. The van der Waals surface area contributed by atoms with Gasteiger partial charge in [0.05, 0.1) is 12.4 Å². The molecule has 0 fully saturated rings. The van der Waals surface area contributed by atoms with Crippen LogP contribution in [-0.2, 0) is 13.1 Å². The Morgan fingerprint density at radius 1 is 1.00 bits per heavy atom. The molecule has 2 aromatic heterocycles. The smallest absolute Gasteiger partial charge is 0.271 e. The van der Waals surface area contributed by atoms with E-state index >= 15 is 0 Å². The van der Waals surface area contributed by atoms with E-state index in [0.29, 0.717) is 23.9 Å². The minimum absolute atomic E-state index is 0.261. The van der Waals surface area contributed by atoms with Gasteiger partial charge in [0.15, 0.2) is 0 Å². The molecular formula is C18H16ClN5O. The fourth-order valence-corrected chi connectivity index (χ4v) is 2.34. The van der Waals surface area contributed by atoms with Crippen LogP contribution in [0.15, 0.2) is 61.2 Å². The Kier molecular flexibility index (Phi) is 5.53. The zero-order chi connectivity index (χ0) is 17.5. The standard InChI is InChI=1S/C18H16ClN5O/c19-15-4-2-1-3-14(15)10-22-17-12-21-16(11-23-17)18(25)24-9-13-5-7-20-8-6-13/h1-8,11-12H,9-10H2,(H,22,23)(H,24,25). The van der Waals surface area contributed by atoms with Crippen LogP contribution in [0.1, 0.15) is 21.6 Å². The summed E-state index contributed by atoms with van der Waals surface area (Å²) in [6.45, 7) is 0.942. The number of halogens is 1. The lowest BCUT2D eigenvalue weighted by Crippen LogP contribution is -2.24. The van der Waals surface area contributed by atoms with E-state index in [1.54, 1.807) is 12.4 Å². The van der Waals surface area contributed by atoms with Crippen molar-refractivity contribution in [1.29, 1.82) is 0 Å². The second kappa shape index (κ2) is 8.21. The average Bonchev–Trinajstić information content (AvgIpc) is 2.67. The molecule has 0 radical (unpaired) electrons. The molecule has 0 atom stereocenters. The molecule has 6 nitrogen and oxygen atoms in total. The van der Waals surface area contributed by atoms with Crippen LogP contribution in [0, 0.1) is 0 Å². The van der Waals surface area contributed by atoms with Gasteiger partial charge in [-0.1, -0.05) is 29.8 Å². The third-order valence-corrected chi connectivity index (χ3v) is 3.87. The lowest BCUT2D eigenvalue weighted by atomic mass is 10.2. The second-order valence-electron chi connectivity index (χ2n) is 5.27. The van der Waals surface area contributed by atoms with Crippen molar-refractivity contribution in [2.75, 3.05) is 5.32 Å². The summed E-state index contributed by atoms with van der Waals surface area (Å²) in [5.41, 5.74) is 2.19. The van der Waals surface area contributed by atoms with Crippen LogP contribution in [0.2, 0.25) is 5.02 Å². The number of carbonyl (C=O) groups is 1. The van der Waals surface area contributed by atoms with Gasteiger partial charge in [-0.15, -0.1) is 0 Å². The van der Waals surface area contributed by atoms with E-state index in [1.807, 2.05) is 36.4 Å². The highest BCUT2D eigenvalue weighted by Crippen LogP contribution is 2.16. The molecule has 0 unspecified atom stereocenters. The van der Waals surface area contributed by atoms with Crippen LogP contribution in [0.4, 0.5) is 5.82 Å². The molecule has 0 aliphatic carbocycles. The van der Waals surface area contributed by atoms with Crippen molar-refractivity contribution >= 4 is 23.3 Å². The largest absolute Gasteiger partial charge is 0.365 e. The van der Waals surface area contributed by atoms with Crippen LogP contribution in [0.25, 0.3) is 0 Å². The van der Waals surface area contributed by atoms with E-state index in [9.17, 15) is 4.79 Å². The summed E-state index contributed by atoms with van der Waals surface area (Å²) in [6.07, 6.45) is 6.33. The zero-order valence-corrected chi connectivity index (χ0v) is 14.1. The highest BCUT2D eigenvalue weighted by Gasteiger charge is 2.08. The van der Waals surface area contributed by atoms with E-state index in [4.69, 9.17) is 11.6 Å². The molecule has 3 rings (SSSR count). The Balaban J connectivity index is 1.54. The van der Waals surface area contributed by atoms with Gasteiger partial charge in [-0.25, -0.2) is 9.97 Å². The molecule has 0 saturated carbocycles. The number of rotatable bonds is 6. The Morgan fingerprint density at radius 3 is 2.52 bits per heavy atom.